The minimum atomic E-state index is -0.496. The minimum absolute atomic E-state index is 0.328. The molecule has 0 aliphatic carbocycles. The molecule has 0 aromatic heterocycles. The fourth-order valence-corrected chi connectivity index (χ4v) is 0.918. The van der Waals surface area contributed by atoms with E-state index < -0.39 is 5.91 Å². The number of hydrogen-bond acceptors (Lipinski definition) is 1. The smallest absolute Gasteiger partial charge is 0.244 e. The second-order valence-electron chi connectivity index (χ2n) is 2.75. The number of carbonyl (C=O) groups is 1. The summed E-state index contributed by atoms with van der Waals surface area (Å²) in [7, 11) is 0. The van der Waals surface area contributed by atoms with Gasteiger partial charge in [-0.3, -0.25) is 4.79 Å². The van der Waals surface area contributed by atoms with Crippen molar-refractivity contribution in [2.75, 3.05) is 0 Å². The average molecular weight is 179 g/mol. The minimum Gasteiger partial charge on any atom is -0.366 e. The molecule has 0 fully saturated rings. The van der Waals surface area contributed by atoms with Crippen LogP contribution in [0.5, 0.6) is 0 Å². The van der Waals surface area contributed by atoms with Gasteiger partial charge < -0.3 is 5.73 Å². The van der Waals surface area contributed by atoms with Crippen molar-refractivity contribution in [2.24, 2.45) is 5.73 Å². The summed E-state index contributed by atoms with van der Waals surface area (Å²) >= 11 is 0. The number of primary amides is 1. The zero-order valence-electron chi connectivity index (χ0n) is 7.25. The largest absolute Gasteiger partial charge is 0.366 e. The fraction of sp³-hybridized carbons (Fsp3) is 0.100. The van der Waals surface area contributed by atoms with Crippen molar-refractivity contribution in [1.82, 2.24) is 0 Å². The Morgan fingerprint density at radius 3 is 2.77 bits per heavy atom. The van der Waals surface area contributed by atoms with Gasteiger partial charge in [-0.25, -0.2) is 4.39 Å². The van der Waals surface area contributed by atoms with Crippen LogP contribution in [-0.2, 0) is 4.79 Å². The summed E-state index contributed by atoms with van der Waals surface area (Å²) < 4.78 is 12.7. The van der Waals surface area contributed by atoms with Crippen LogP contribution in [0.1, 0.15) is 12.5 Å². The number of halogens is 1. The van der Waals surface area contributed by atoms with Crippen LogP contribution in [0.4, 0.5) is 4.39 Å². The summed E-state index contributed by atoms with van der Waals surface area (Å²) in [5.41, 5.74) is 6.06. The first kappa shape index (κ1) is 9.45. The summed E-state index contributed by atoms with van der Waals surface area (Å²) in [4.78, 5) is 10.6. The summed E-state index contributed by atoms with van der Waals surface area (Å²) in [5, 5.41) is 0. The van der Waals surface area contributed by atoms with Crippen molar-refractivity contribution < 1.29 is 9.18 Å². The molecular formula is C10H10FNO. The van der Waals surface area contributed by atoms with Crippen molar-refractivity contribution in [1.29, 1.82) is 0 Å². The van der Waals surface area contributed by atoms with Gasteiger partial charge >= 0.3 is 0 Å². The number of rotatable bonds is 2. The normalized spacial score (nSPS) is 11.4. The van der Waals surface area contributed by atoms with E-state index in [0.29, 0.717) is 11.1 Å². The Bertz CT molecular complexity index is 358. The number of benzene rings is 1. The fourth-order valence-electron chi connectivity index (χ4n) is 0.918. The third kappa shape index (κ3) is 2.71. The van der Waals surface area contributed by atoms with Gasteiger partial charge in [-0.05, 0) is 30.7 Å². The molecule has 0 unspecified atom stereocenters. The van der Waals surface area contributed by atoms with Gasteiger partial charge in [-0.1, -0.05) is 12.1 Å². The third-order valence-electron chi connectivity index (χ3n) is 1.62. The first-order valence-electron chi connectivity index (χ1n) is 3.83. The molecule has 2 nitrogen and oxygen atoms in total. The predicted molar refractivity (Wildman–Crippen MR) is 49.2 cm³/mol. The van der Waals surface area contributed by atoms with Crippen LogP contribution in [0.15, 0.2) is 29.8 Å². The first-order chi connectivity index (χ1) is 6.09. The van der Waals surface area contributed by atoms with Crippen molar-refractivity contribution in [3.05, 3.63) is 41.2 Å². The molecule has 1 amide bonds. The van der Waals surface area contributed by atoms with E-state index in [9.17, 15) is 9.18 Å². The molecule has 0 aliphatic rings. The van der Waals surface area contributed by atoms with Gasteiger partial charge in [0.2, 0.25) is 5.91 Å². The number of hydrogen-bond donors (Lipinski definition) is 1. The van der Waals surface area contributed by atoms with E-state index in [0.717, 1.165) is 0 Å². The summed E-state index contributed by atoms with van der Waals surface area (Å²) in [6, 6.07) is 5.97. The Labute approximate surface area is 75.9 Å². The van der Waals surface area contributed by atoms with E-state index in [-0.39, 0.29) is 5.82 Å². The topological polar surface area (TPSA) is 43.1 Å². The maximum absolute atomic E-state index is 12.7. The summed E-state index contributed by atoms with van der Waals surface area (Å²) in [6.45, 7) is 1.59. The van der Waals surface area contributed by atoms with Gasteiger partial charge in [0.1, 0.15) is 5.82 Å². The van der Waals surface area contributed by atoms with Crippen LogP contribution >= 0.6 is 0 Å². The van der Waals surface area contributed by atoms with Crippen molar-refractivity contribution in [3.63, 3.8) is 0 Å². The van der Waals surface area contributed by atoms with Crippen LogP contribution in [0.25, 0.3) is 6.08 Å². The van der Waals surface area contributed by atoms with E-state index in [2.05, 4.69) is 0 Å². The van der Waals surface area contributed by atoms with Crippen molar-refractivity contribution >= 4 is 12.0 Å². The Kier molecular flexibility index (Phi) is 2.80. The molecule has 3 heteroatoms. The maximum atomic E-state index is 12.7. The molecule has 1 aromatic carbocycles. The Morgan fingerprint density at radius 2 is 2.23 bits per heavy atom. The summed E-state index contributed by atoms with van der Waals surface area (Å²) in [6.07, 6.45) is 1.55. The van der Waals surface area contributed by atoms with Gasteiger partial charge in [0.05, 0.1) is 0 Å². The molecule has 0 atom stereocenters. The number of nitrogens with two attached hydrogens (primary N) is 1. The van der Waals surface area contributed by atoms with Crippen LogP contribution in [0.3, 0.4) is 0 Å². The molecule has 0 saturated carbocycles. The molecule has 68 valence electrons. The lowest BCUT2D eigenvalue weighted by atomic mass is 10.1. The highest BCUT2D eigenvalue weighted by Gasteiger charge is 1.97. The molecule has 0 spiro atoms. The second-order valence-corrected chi connectivity index (χ2v) is 2.75. The highest BCUT2D eigenvalue weighted by atomic mass is 19.1. The molecule has 13 heavy (non-hydrogen) atoms. The lowest BCUT2D eigenvalue weighted by molar-refractivity contribution is -0.114. The average Bonchev–Trinajstić information content (AvgIpc) is 2.04. The molecule has 1 rings (SSSR count). The molecule has 0 saturated heterocycles. The lowest BCUT2D eigenvalue weighted by Gasteiger charge is -1.96. The van der Waals surface area contributed by atoms with E-state index in [1.807, 2.05) is 0 Å². The van der Waals surface area contributed by atoms with E-state index >= 15 is 0 Å². The molecular weight excluding hydrogens is 169 g/mol. The second kappa shape index (κ2) is 3.85. The molecule has 0 bridgehead atoms. The molecule has 0 heterocycles. The van der Waals surface area contributed by atoms with Gasteiger partial charge in [-0.2, -0.15) is 0 Å². The lowest BCUT2D eigenvalue weighted by Crippen LogP contribution is -2.11. The standard InChI is InChI=1S/C10H10FNO/c1-7(10(12)13)5-8-3-2-4-9(11)6-8/h2-6H,1H3,(H2,12,13)/b7-5-. The van der Waals surface area contributed by atoms with Gasteiger partial charge in [0.25, 0.3) is 0 Å². The zero-order chi connectivity index (χ0) is 9.84. The van der Waals surface area contributed by atoms with E-state index in [4.69, 9.17) is 5.73 Å². The molecule has 0 radical (unpaired) electrons. The Hall–Kier alpha value is -1.64. The first-order valence-corrected chi connectivity index (χ1v) is 3.83. The quantitative estimate of drug-likeness (QED) is 0.690. The Morgan fingerprint density at radius 1 is 1.54 bits per heavy atom. The molecule has 0 aliphatic heterocycles. The number of carbonyl (C=O) groups excluding carboxylic acids is 1. The van der Waals surface area contributed by atoms with Gasteiger partial charge in [0.15, 0.2) is 0 Å². The summed E-state index contributed by atoms with van der Waals surface area (Å²) in [5.74, 6) is -0.824. The molecule has 1 aromatic rings. The SMILES string of the molecule is C/C(=C/c1cccc(F)c1)C(N)=O. The van der Waals surface area contributed by atoms with Crippen LogP contribution in [-0.4, -0.2) is 5.91 Å². The van der Waals surface area contributed by atoms with Crippen molar-refractivity contribution in [2.45, 2.75) is 6.92 Å². The van der Waals surface area contributed by atoms with Gasteiger partial charge in [0, 0.05) is 5.57 Å². The predicted octanol–water partition coefficient (Wildman–Crippen LogP) is 1.71. The number of amides is 1. The third-order valence-corrected chi connectivity index (χ3v) is 1.62. The molecule has 2 N–H and O–H groups in total. The van der Waals surface area contributed by atoms with Gasteiger partial charge in [-0.15, -0.1) is 0 Å². The van der Waals surface area contributed by atoms with Crippen molar-refractivity contribution in [3.8, 4) is 0 Å². The Balaban J connectivity index is 2.97. The van der Waals surface area contributed by atoms with Crippen LogP contribution in [0, 0.1) is 5.82 Å². The van der Waals surface area contributed by atoms with Crippen LogP contribution < -0.4 is 5.73 Å². The monoisotopic (exact) mass is 179 g/mol. The highest BCUT2D eigenvalue weighted by Crippen LogP contribution is 2.08. The maximum Gasteiger partial charge on any atom is 0.244 e. The van der Waals surface area contributed by atoms with E-state index in [1.165, 1.54) is 12.1 Å². The zero-order valence-corrected chi connectivity index (χ0v) is 7.25. The highest BCUT2D eigenvalue weighted by molar-refractivity contribution is 5.95. The van der Waals surface area contributed by atoms with E-state index in [1.54, 1.807) is 25.1 Å². The van der Waals surface area contributed by atoms with Crippen LogP contribution in [0.2, 0.25) is 0 Å².